The molecule has 0 aliphatic rings. The summed E-state index contributed by atoms with van der Waals surface area (Å²) in [4.78, 5) is 10.7. The third-order valence-electron chi connectivity index (χ3n) is 1.25. The summed E-state index contributed by atoms with van der Waals surface area (Å²) in [7, 11) is 2.60. The van der Waals surface area contributed by atoms with Gasteiger partial charge in [0, 0.05) is 6.42 Å². The monoisotopic (exact) mass is 167 g/mol. The van der Waals surface area contributed by atoms with Crippen LogP contribution in [0, 0.1) is 0 Å². The standard InChI is InChI=1S/C6H11F2NO2/c1-9-4(3-5(7)8)6(10)11-2/h4-5,9H,3H2,1-2H3. The van der Waals surface area contributed by atoms with E-state index in [9.17, 15) is 13.6 Å². The van der Waals surface area contributed by atoms with E-state index in [1.165, 1.54) is 7.05 Å². The van der Waals surface area contributed by atoms with Crippen LogP contribution in [0.4, 0.5) is 8.78 Å². The van der Waals surface area contributed by atoms with Gasteiger partial charge in [0.15, 0.2) is 0 Å². The molecule has 1 atom stereocenters. The molecule has 0 rings (SSSR count). The Morgan fingerprint density at radius 2 is 2.18 bits per heavy atom. The average Bonchev–Trinajstić information content (AvgIpc) is 1.98. The Bertz CT molecular complexity index is 130. The number of rotatable bonds is 4. The van der Waals surface area contributed by atoms with Gasteiger partial charge in [-0.15, -0.1) is 0 Å². The van der Waals surface area contributed by atoms with Gasteiger partial charge in [0.1, 0.15) is 6.04 Å². The maximum absolute atomic E-state index is 11.7. The second-order valence-corrected chi connectivity index (χ2v) is 1.99. The smallest absolute Gasteiger partial charge is 0.323 e. The van der Waals surface area contributed by atoms with Crippen molar-refractivity contribution in [1.82, 2.24) is 5.32 Å². The first-order valence-electron chi connectivity index (χ1n) is 3.15. The van der Waals surface area contributed by atoms with Gasteiger partial charge in [-0.25, -0.2) is 8.78 Å². The highest BCUT2D eigenvalue weighted by atomic mass is 19.3. The Morgan fingerprint density at radius 1 is 1.64 bits per heavy atom. The number of alkyl halides is 2. The molecule has 0 fully saturated rings. The first-order chi connectivity index (χ1) is 5.11. The molecule has 0 aromatic carbocycles. The van der Waals surface area contributed by atoms with Gasteiger partial charge in [-0.3, -0.25) is 4.79 Å². The molecule has 5 heteroatoms. The molecule has 66 valence electrons. The van der Waals surface area contributed by atoms with Crippen LogP contribution in [0.2, 0.25) is 0 Å². The Labute approximate surface area is 63.7 Å². The Balaban J connectivity index is 3.84. The molecular weight excluding hydrogens is 156 g/mol. The van der Waals surface area contributed by atoms with Crippen LogP contribution in [0.3, 0.4) is 0 Å². The van der Waals surface area contributed by atoms with Gasteiger partial charge in [0.05, 0.1) is 7.11 Å². The predicted molar refractivity (Wildman–Crippen MR) is 35.5 cm³/mol. The highest BCUT2D eigenvalue weighted by molar-refractivity contribution is 5.75. The van der Waals surface area contributed by atoms with Crippen molar-refractivity contribution < 1.29 is 18.3 Å². The number of likely N-dealkylation sites (N-methyl/N-ethyl adjacent to an activating group) is 1. The number of halogens is 2. The van der Waals surface area contributed by atoms with Gasteiger partial charge in [0.25, 0.3) is 0 Å². The first kappa shape index (κ1) is 10.3. The molecule has 0 saturated heterocycles. The Hall–Kier alpha value is -0.710. The molecule has 3 nitrogen and oxygen atoms in total. The third kappa shape index (κ3) is 3.87. The van der Waals surface area contributed by atoms with Crippen molar-refractivity contribution in [3.63, 3.8) is 0 Å². The zero-order valence-electron chi connectivity index (χ0n) is 6.43. The fourth-order valence-electron chi connectivity index (χ4n) is 0.652. The number of esters is 1. The quantitative estimate of drug-likeness (QED) is 0.616. The molecule has 0 saturated carbocycles. The summed E-state index contributed by atoms with van der Waals surface area (Å²) in [5.74, 6) is -0.659. The van der Waals surface area contributed by atoms with Crippen LogP contribution in [0.25, 0.3) is 0 Å². The van der Waals surface area contributed by atoms with Crippen LogP contribution in [-0.4, -0.2) is 32.6 Å². The van der Waals surface area contributed by atoms with Crippen LogP contribution in [-0.2, 0) is 9.53 Å². The van der Waals surface area contributed by atoms with E-state index in [1.54, 1.807) is 0 Å². The van der Waals surface area contributed by atoms with Crippen molar-refractivity contribution in [2.24, 2.45) is 0 Å². The predicted octanol–water partition coefficient (Wildman–Crippen LogP) is 0.403. The number of carbonyl (C=O) groups is 1. The Morgan fingerprint density at radius 3 is 2.45 bits per heavy atom. The fraction of sp³-hybridized carbons (Fsp3) is 0.833. The van der Waals surface area contributed by atoms with Gasteiger partial charge in [0.2, 0.25) is 6.43 Å². The second-order valence-electron chi connectivity index (χ2n) is 1.99. The average molecular weight is 167 g/mol. The van der Waals surface area contributed by atoms with E-state index in [0.29, 0.717) is 0 Å². The van der Waals surface area contributed by atoms with Crippen LogP contribution in [0.1, 0.15) is 6.42 Å². The number of methoxy groups -OCH3 is 1. The van der Waals surface area contributed by atoms with Crippen molar-refractivity contribution in [3.8, 4) is 0 Å². The summed E-state index contributed by atoms with van der Waals surface area (Å²) in [5.41, 5.74) is 0. The normalized spacial score (nSPS) is 13.2. The molecule has 1 N–H and O–H groups in total. The lowest BCUT2D eigenvalue weighted by Gasteiger charge is -2.11. The molecule has 0 heterocycles. The van der Waals surface area contributed by atoms with Gasteiger partial charge < -0.3 is 10.1 Å². The number of hydrogen-bond donors (Lipinski definition) is 1. The summed E-state index contributed by atoms with van der Waals surface area (Å²) in [6.07, 6.45) is -3.00. The largest absolute Gasteiger partial charge is 0.468 e. The van der Waals surface area contributed by atoms with E-state index in [1.807, 2.05) is 0 Å². The molecule has 0 amide bonds. The van der Waals surface area contributed by atoms with E-state index in [2.05, 4.69) is 10.1 Å². The first-order valence-corrected chi connectivity index (χ1v) is 3.15. The van der Waals surface area contributed by atoms with Gasteiger partial charge in [-0.1, -0.05) is 0 Å². The van der Waals surface area contributed by atoms with Gasteiger partial charge >= 0.3 is 5.97 Å². The van der Waals surface area contributed by atoms with Gasteiger partial charge in [-0.05, 0) is 7.05 Å². The minimum atomic E-state index is -2.49. The van der Waals surface area contributed by atoms with Crippen molar-refractivity contribution >= 4 is 5.97 Å². The summed E-state index contributed by atoms with van der Waals surface area (Å²) >= 11 is 0. The summed E-state index contributed by atoms with van der Waals surface area (Å²) in [6, 6.07) is -0.903. The second kappa shape index (κ2) is 5.01. The summed E-state index contributed by atoms with van der Waals surface area (Å²) in [5, 5.41) is 2.43. The molecule has 11 heavy (non-hydrogen) atoms. The zero-order valence-corrected chi connectivity index (χ0v) is 6.43. The lowest BCUT2D eigenvalue weighted by Crippen LogP contribution is -2.36. The van der Waals surface area contributed by atoms with E-state index in [4.69, 9.17) is 0 Å². The van der Waals surface area contributed by atoms with Gasteiger partial charge in [-0.2, -0.15) is 0 Å². The van der Waals surface area contributed by atoms with Crippen molar-refractivity contribution in [3.05, 3.63) is 0 Å². The van der Waals surface area contributed by atoms with Crippen molar-refractivity contribution in [2.75, 3.05) is 14.2 Å². The van der Waals surface area contributed by atoms with Crippen LogP contribution in [0.5, 0.6) is 0 Å². The van der Waals surface area contributed by atoms with Crippen molar-refractivity contribution in [2.45, 2.75) is 18.9 Å². The van der Waals surface area contributed by atoms with E-state index < -0.39 is 24.9 Å². The lowest BCUT2D eigenvalue weighted by atomic mass is 10.2. The lowest BCUT2D eigenvalue weighted by molar-refractivity contribution is -0.144. The number of ether oxygens (including phenoxy) is 1. The molecule has 1 unspecified atom stereocenters. The van der Waals surface area contributed by atoms with E-state index >= 15 is 0 Å². The maximum Gasteiger partial charge on any atom is 0.323 e. The molecule has 0 aromatic rings. The van der Waals surface area contributed by atoms with E-state index in [-0.39, 0.29) is 0 Å². The molecule has 0 aromatic heterocycles. The zero-order chi connectivity index (χ0) is 8.85. The highest BCUT2D eigenvalue weighted by Crippen LogP contribution is 2.04. The topological polar surface area (TPSA) is 38.3 Å². The number of hydrogen-bond acceptors (Lipinski definition) is 3. The molecular formula is C6H11F2NO2. The summed E-state index contributed by atoms with van der Waals surface area (Å²) < 4.78 is 27.7. The number of nitrogens with one attached hydrogen (secondary N) is 1. The minimum Gasteiger partial charge on any atom is -0.468 e. The molecule has 0 aliphatic heterocycles. The molecule has 0 radical (unpaired) electrons. The van der Waals surface area contributed by atoms with Crippen LogP contribution >= 0.6 is 0 Å². The highest BCUT2D eigenvalue weighted by Gasteiger charge is 2.20. The molecule has 0 spiro atoms. The number of carbonyl (C=O) groups excluding carboxylic acids is 1. The van der Waals surface area contributed by atoms with Crippen LogP contribution in [0.15, 0.2) is 0 Å². The van der Waals surface area contributed by atoms with Crippen molar-refractivity contribution in [1.29, 1.82) is 0 Å². The minimum absolute atomic E-state index is 0.511. The summed E-state index contributed by atoms with van der Waals surface area (Å²) in [6.45, 7) is 0. The van der Waals surface area contributed by atoms with Crippen LogP contribution < -0.4 is 5.32 Å². The molecule has 0 aliphatic carbocycles. The maximum atomic E-state index is 11.7. The Kier molecular flexibility index (Phi) is 4.69. The van der Waals surface area contributed by atoms with E-state index in [0.717, 1.165) is 7.11 Å². The SMILES string of the molecule is CNC(CC(F)F)C(=O)OC. The molecule has 0 bridgehead atoms. The fourth-order valence-corrected chi connectivity index (χ4v) is 0.652. The third-order valence-corrected chi connectivity index (χ3v) is 1.25.